The van der Waals surface area contributed by atoms with Crippen molar-refractivity contribution in [2.24, 2.45) is 0 Å². The average molecular weight is 506 g/mol. The number of carbonyl (C=O) groups is 1. The van der Waals surface area contributed by atoms with Gasteiger partial charge in [0, 0.05) is 19.8 Å². The molecule has 3 rings (SSSR count). The van der Waals surface area contributed by atoms with Crippen molar-refractivity contribution < 1.29 is 13.2 Å². The first-order chi connectivity index (χ1) is 14.1. The summed E-state index contributed by atoms with van der Waals surface area (Å²) in [6, 6.07) is 11.9. The summed E-state index contributed by atoms with van der Waals surface area (Å²) in [4.78, 5) is 17.4. The minimum absolute atomic E-state index is 0. The normalized spacial score (nSPS) is 15.4. The predicted octanol–water partition coefficient (Wildman–Crippen LogP) is 4.66. The molecule has 0 aliphatic carbocycles. The zero-order chi connectivity index (χ0) is 21.9. The van der Waals surface area contributed by atoms with Gasteiger partial charge in [0.15, 0.2) is 9.84 Å². The van der Waals surface area contributed by atoms with Gasteiger partial charge in [-0.15, -0.1) is 12.4 Å². The van der Waals surface area contributed by atoms with Crippen LogP contribution in [-0.2, 0) is 21.1 Å². The maximum atomic E-state index is 13.1. The summed E-state index contributed by atoms with van der Waals surface area (Å²) in [5.41, 5.74) is 1.72. The van der Waals surface area contributed by atoms with Gasteiger partial charge in [-0.25, -0.2) is 8.42 Å². The summed E-state index contributed by atoms with van der Waals surface area (Å²) in [6.45, 7) is 2.72. The van der Waals surface area contributed by atoms with Crippen LogP contribution in [0.4, 0.5) is 0 Å². The van der Waals surface area contributed by atoms with E-state index in [1.54, 1.807) is 54.4 Å². The number of carbonyl (C=O) groups excluding carboxylic acids is 1. The highest BCUT2D eigenvalue weighted by molar-refractivity contribution is 7.90. The molecule has 1 atom stereocenters. The lowest BCUT2D eigenvalue weighted by Gasteiger charge is -2.32. The third kappa shape index (κ3) is 6.83. The van der Waals surface area contributed by atoms with Crippen molar-refractivity contribution in [3.63, 3.8) is 0 Å². The number of likely N-dealkylation sites (N-methyl/N-ethyl adjacent to an activating group) is 1. The Bertz CT molecular complexity index is 1010. The molecule has 2 aromatic carbocycles. The van der Waals surface area contributed by atoms with Gasteiger partial charge in [0.05, 0.1) is 27.4 Å². The van der Waals surface area contributed by atoms with Crippen LogP contribution in [0.25, 0.3) is 0 Å². The Kier molecular flexibility index (Phi) is 9.22. The van der Waals surface area contributed by atoms with Crippen LogP contribution in [0.3, 0.4) is 0 Å². The number of halogens is 3. The molecule has 0 unspecified atom stereocenters. The van der Waals surface area contributed by atoms with E-state index in [1.807, 2.05) is 0 Å². The minimum Gasteiger partial charge on any atom is -0.337 e. The van der Waals surface area contributed by atoms with Crippen LogP contribution in [0.5, 0.6) is 0 Å². The molecule has 0 spiro atoms. The van der Waals surface area contributed by atoms with Crippen LogP contribution in [0.15, 0.2) is 47.4 Å². The van der Waals surface area contributed by atoms with Crippen LogP contribution in [0.1, 0.15) is 30.0 Å². The number of benzene rings is 2. The molecule has 0 aromatic heterocycles. The van der Waals surface area contributed by atoms with Crippen LogP contribution < -0.4 is 0 Å². The fourth-order valence-electron chi connectivity index (χ4n) is 3.72. The summed E-state index contributed by atoms with van der Waals surface area (Å²) >= 11 is 12.1. The van der Waals surface area contributed by atoms with E-state index in [0.717, 1.165) is 37.1 Å². The molecule has 0 bridgehead atoms. The summed E-state index contributed by atoms with van der Waals surface area (Å²) in [7, 11) is -1.47. The smallest absolute Gasteiger partial charge is 0.227 e. The van der Waals surface area contributed by atoms with E-state index in [9.17, 15) is 13.2 Å². The zero-order valence-electron chi connectivity index (χ0n) is 17.6. The SMILES string of the molecule is CN(C(=O)Cc1ccc(Cl)c(Cl)c1)[C@@H](CN1CCCC1)c1ccc(S(C)(=O)=O)cc1.Cl. The molecular weight excluding hydrogens is 479 g/mol. The van der Waals surface area contributed by atoms with E-state index in [2.05, 4.69) is 4.90 Å². The molecule has 170 valence electrons. The molecule has 1 aliphatic heterocycles. The predicted molar refractivity (Wildman–Crippen MR) is 128 cm³/mol. The van der Waals surface area contributed by atoms with E-state index < -0.39 is 9.84 Å². The molecular formula is C22H27Cl3N2O3S. The Balaban J connectivity index is 0.00000341. The van der Waals surface area contributed by atoms with E-state index in [-0.39, 0.29) is 35.7 Å². The average Bonchev–Trinajstić information content (AvgIpc) is 3.21. The van der Waals surface area contributed by atoms with Gasteiger partial charge in [0.25, 0.3) is 0 Å². The van der Waals surface area contributed by atoms with Crippen molar-refractivity contribution in [3.05, 3.63) is 63.6 Å². The Morgan fingerprint density at radius 3 is 2.23 bits per heavy atom. The molecule has 31 heavy (non-hydrogen) atoms. The fraction of sp³-hybridized carbons (Fsp3) is 0.409. The maximum Gasteiger partial charge on any atom is 0.227 e. The molecule has 1 heterocycles. The molecule has 1 aliphatic rings. The number of nitrogens with zero attached hydrogens (tertiary/aromatic N) is 2. The van der Waals surface area contributed by atoms with Gasteiger partial charge in [-0.05, 0) is 61.3 Å². The van der Waals surface area contributed by atoms with Crippen LogP contribution >= 0.6 is 35.6 Å². The number of hydrogen-bond donors (Lipinski definition) is 0. The van der Waals surface area contributed by atoms with Gasteiger partial charge in [-0.2, -0.15) is 0 Å². The monoisotopic (exact) mass is 504 g/mol. The van der Waals surface area contributed by atoms with Crippen molar-refractivity contribution >= 4 is 51.4 Å². The third-order valence-corrected chi connectivity index (χ3v) is 7.39. The van der Waals surface area contributed by atoms with Crippen molar-refractivity contribution in [2.45, 2.75) is 30.2 Å². The number of rotatable bonds is 7. The quantitative estimate of drug-likeness (QED) is 0.549. The first-order valence-electron chi connectivity index (χ1n) is 9.87. The Morgan fingerprint density at radius 1 is 1.06 bits per heavy atom. The standard InChI is InChI=1S/C22H26Cl2N2O3S.ClH/c1-25(22(27)14-16-5-10-19(23)20(24)13-16)21(15-26-11-3-4-12-26)17-6-8-18(9-7-17)30(2,28)29;/h5-10,13,21H,3-4,11-12,14-15H2,1-2H3;1H/t21-;/m0./s1. The lowest BCUT2D eigenvalue weighted by molar-refractivity contribution is -0.131. The summed E-state index contributed by atoms with van der Waals surface area (Å²) in [6.07, 6.45) is 3.71. The third-order valence-electron chi connectivity index (χ3n) is 5.52. The first kappa shape index (κ1) is 25.9. The van der Waals surface area contributed by atoms with Crippen LogP contribution in [0, 0.1) is 0 Å². The van der Waals surface area contributed by atoms with Gasteiger partial charge in [-0.3, -0.25) is 4.79 Å². The van der Waals surface area contributed by atoms with Crippen molar-refractivity contribution in [2.75, 3.05) is 32.9 Å². The number of hydrogen-bond acceptors (Lipinski definition) is 4. The molecule has 0 radical (unpaired) electrons. The first-order valence-corrected chi connectivity index (χ1v) is 12.5. The van der Waals surface area contributed by atoms with Gasteiger partial charge < -0.3 is 9.80 Å². The van der Waals surface area contributed by atoms with E-state index in [4.69, 9.17) is 23.2 Å². The lowest BCUT2D eigenvalue weighted by Crippen LogP contribution is -2.39. The van der Waals surface area contributed by atoms with Gasteiger partial charge in [0.1, 0.15) is 0 Å². The molecule has 0 saturated carbocycles. The van der Waals surface area contributed by atoms with Crippen molar-refractivity contribution in [1.29, 1.82) is 0 Å². The molecule has 1 saturated heterocycles. The summed E-state index contributed by atoms with van der Waals surface area (Å²) in [5, 5.41) is 0.883. The highest BCUT2D eigenvalue weighted by atomic mass is 35.5. The molecule has 9 heteroatoms. The van der Waals surface area contributed by atoms with Crippen molar-refractivity contribution in [1.82, 2.24) is 9.80 Å². The van der Waals surface area contributed by atoms with Gasteiger partial charge >= 0.3 is 0 Å². The van der Waals surface area contributed by atoms with Gasteiger partial charge in [0.2, 0.25) is 5.91 Å². The Hall–Kier alpha value is -1.31. The number of sulfone groups is 1. The summed E-state index contributed by atoms with van der Waals surface area (Å²) in [5.74, 6) is -0.0372. The Morgan fingerprint density at radius 2 is 1.68 bits per heavy atom. The lowest BCUT2D eigenvalue weighted by atomic mass is 10.0. The fourth-order valence-corrected chi connectivity index (χ4v) is 4.67. The van der Waals surface area contributed by atoms with E-state index in [0.29, 0.717) is 16.6 Å². The largest absolute Gasteiger partial charge is 0.337 e. The van der Waals surface area contributed by atoms with Crippen molar-refractivity contribution in [3.8, 4) is 0 Å². The molecule has 0 N–H and O–H groups in total. The second-order valence-corrected chi connectivity index (χ2v) is 10.6. The summed E-state index contributed by atoms with van der Waals surface area (Å²) < 4.78 is 23.6. The highest BCUT2D eigenvalue weighted by Crippen LogP contribution is 2.26. The molecule has 1 amide bonds. The van der Waals surface area contributed by atoms with Gasteiger partial charge in [-0.1, -0.05) is 41.4 Å². The number of likely N-dealkylation sites (tertiary alicyclic amines) is 1. The number of amides is 1. The molecule has 5 nitrogen and oxygen atoms in total. The topological polar surface area (TPSA) is 57.7 Å². The second kappa shape index (κ2) is 11.0. The molecule has 2 aromatic rings. The second-order valence-electron chi connectivity index (χ2n) is 7.79. The molecule has 1 fully saturated rings. The van der Waals surface area contributed by atoms with Crippen LogP contribution in [0.2, 0.25) is 10.0 Å². The van der Waals surface area contributed by atoms with Crippen LogP contribution in [-0.4, -0.2) is 57.1 Å². The zero-order valence-corrected chi connectivity index (χ0v) is 20.7. The van der Waals surface area contributed by atoms with E-state index in [1.165, 1.54) is 6.26 Å². The van der Waals surface area contributed by atoms with E-state index >= 15 is 0 Å². The maximum absolute atomic E-state index is 13.1. The minimum atomic E-state index is -3.27. The Labute approximate surface area is 200 Å². The highest BCUT2D eigenvalue weighted by Gasteiger charge is 2.26.